The number of fused-ring (bicyclic) bond motifs is 1. The first-order valence-corrected chi connectivity index (χ1v) is 7.48. The molecule has 3 aromatic rings. The molecule has 20 heavy (non-hydrogen) atoms. The summed E-state index contributed by atoms with van der Waals surface area (Å²) in [6.45, 7) is 0. The zero-order valence-electron chi connectivity index (χ0n) is 10.7. The molecule has 100 valence electrons. The van der Waals surface area contributed by atoms with E-state index in [0.717, 1.165) is 10.8 Å². The second-order valence-corrected chi connectivity index (χ2v) is 5.15. The molecule has 0 amide bonds. The van der Waals surface area contributed by atoms with Gasteiger partial charge in [0, 0.05) is 5.39 Å². The third kappa shape index (κ3) is 2.84. The van der Waals surface area contributed by atoms with Crippen LogP contribution in [0, 0.1) is 0 Å². The molecule has 0 radical (unpaired) electrons. The van der Waals surface area contributed by atoms with Crippen molar-refractivity contribution in [2.45, 2.75) is 0 Å². The van der Waals surface area contributed by atoms with E-state index in [4.69, 9.17) is 9.05 Å². The number of benzene rings is 3. The van der Waals surface area contributed by atoms with Gasteiger partial charge in [0.25, 0.3) is 0 Å². The molecule has 0 saturated carbocycles. The third-order valence-corrected chi connectivity index (χ3v) is 3.68. The van der Waals surface area contributed by atoms with Crippen LogP contribution in [-0.2, 0) is 4.57 Å². The summed E-state index contributed by atoms with van der Waals surface area (Å²) in [6.07, 6.45) is 0. The van der Waals surface area contributed by atoms with Gasteiger partial charge in [-0.2, -0.15) is 0 Å². The van der Waals surface area contributed by atoms with Crippen LogP contribution in [0.5, 0.6) is 11.5 Å². The van der Waals surface area contributed by atoms with E-state index in [1.165, 1.54) is 0 Å². The Morgan fingerprint density at radius 1 is 0.700 bits per heavy atom. The van der Waals surface area contributed by atoms with E-state index in [1.54, 1.807) is 18.2 Å². The summed E-state index contributed by atoms with van der Waals surface area (Å²) in [5.74, 6) is 1.11. The fraction of sp³-hybridized carbons (Fsp3) is 0. The lowest BCUT2D eigenvalue weighted by Gasteiger charge is -2.10. The molecular weight excluding hydrogens is 271 g/mol. The molecule has 0 fully saturated rings. The maximum atomic E-state index is 12.0. The van der Waals surface area contributed by atoms with Crippen LogP contribution in [0.3, 0.4) is 0 Å². The maximum Gasteiger partial charge on any atom is 0.418 e. The van der Waals surface area contributed by atoms with Crippen molar-refractivity contribution in [2.75, 3.05) is 0 Å². The number of rotatable bonds is 4. The minimum absolute atomic E-state index is 0.539. The fourth-order valence-corrected chi connectivity index (χ4v) is 2.71. The largest absolute Gasteiger partial charge is 0.418 e. The van der Waals surface area contributed by atoms with Gasteiger partial charge in [-0.05, 0) is 23.6 Å². The van der Waals surface area contributed by atoms with Crippen LogP contribution >= 0.6 is 8.25 Å². The summed E-state index contributed by atoms with van der Waals surface area (Å²) < 4.78 is 22.7. The molecule has 4 heteroatoms. The summed E-state index contributed by atoms with van der Waals surface area (Å²) in [7, 11) is -2.63. The number of hydrogen-bond acceptors (Lipinski definition) is 3. The Morgan fingerprint density at radius 2 is 1.40 bits per heavy atom. The van der Waals surface area contributed by atoms with Crippen LogP contribution in [-0.4, -0.2) is 0 Å². The van der Waals surface area contributed by atoms with Crippen LogP contribution < -0.4 is 9.05 Å². The van der Waals surface area contributed by atoms with E-state index < -0.39 is 8.25 Å². The maximum absolute atomic E-state index is 12.0. The third-order valence-electron chi connectivity index (χ3n) is 2.89. The quantitative estimate of drug-likeness (QED) is 0.652. The molecule has 0 bridgehead atoms. The summed E-state index contributed by atoms with van der Waals surface area (Å²) in [5, 5.41) is 1.96. The van der Waals surface area contributed by atoms with Gasteiger partial charge in [-0.15, -0.1) is 0 Å². The lowest BCUT2D eigenvalue weighted by Crippen LogP contribution is -1.89. The zero-order chi connectivity index (χ0) is 13.8. The van der Waals surface area contributed by atoms with E-state index >= 15 is 0 Å². The van der Waals surface area contributed by atoms with E-state index in [1.807, 2.05) is 54.6 Å². The zero-order valence-corrected chi connectivity index (χ0v) is 11.7. The van der Waals surface area contributed by atoms with Gasteiger partial charge >= 0.3 is 8.25 Å². The van der Waals surface area contributed by atoms with Crippen molar-refractivity contribution in [3.63, 3.8) is 0 Å². The fourth-order valence-electron chi connectivity index (χ4n) is 1.98. The van der Waals surface area contributed by atoms with Gasteiger partial charge in [-0.1, -0.05) is 54.6 Å². The molecule has 0 aromatic heterocycles. The molecule has 1 unspecified atom stereocenters. The molecule has 3 rings (SSSR count). The van der Waals surface area contributed by atoms with Gasteiger partial charge in [0.1, 0.15) is 11.5 Å². The average Bonchev–Trinajstić information content (AvgIpc) is 2.48. The summed E-state index contributed by atoms with van der Waals surface area (Å²) >= 11 is 0. The molecule has 0 spiro atoms. The number of hydrogen-bond donors (Lipinski definition) is 0. The van der Waals surface area contributed by atoms with Gasteiger partial charge < -0.3 is 9.05 Å². The summed E-state index contributed by atoms with van der Waals surface area (Å²) in [6, 6.07) is 22.4. The Labute approximate surface area is 117 Å². The molecular formula is C16H13O3P. The minimum Gasteiger partial charge on any atom is -0.418 e. The molecule has 0 saturated heterocycles. The lowest BCUT2D eigenvalue weighted by molar-refractivity contribution is 0.417. The Morgan fingerprint density at radius 3 is 2.25 bits per heavy atom. The van der Waals surface area contributed by atoms with Crippen molar-refractivity contribution in [3.8, 4) is 11.5 Å². The summed E-state index contributed by atoms with van der Waals surface area (Å²) in [4.78, 5) is 0. The van der Waals surface area contributed by atoms with E-state index in [2.05, 4.69) is 0 Å². The highest BCUT2D eigenvalue weighted by molar-refractivity contribution is 7.34. The Balaban J connectivity index is 1.81. The van der Waals surface area contributed by atoms with E-state index in [-0.39, 0.29) is 0 Å². The molecule has 3 nitrogen and oxygen atoms in total. The lowest BCUT2D eigenvalue weighted by atomic mass is 10.1. The molecule has 3 aromatic carbocycles. The topological polar surface area (TPSA) is 35.5 Å². The second kappa shape index (κ2) is 5.81. The van der Waals surface area contributed by atoms with E-state index in [0.29, 0.717) is 11.5 Å². The molecule has 0 aliphatic rings. The first-order chi connectivity index (χ1) is 9.83. The minimum atomic E-state index is -2.63. The smallest absolute Gasteiger partial charge is 0.418 e. The average molecular weight is 284 g/mol. The molecule has 0 aliphatic heterocycles. The summed E-state index contributed by atoms with van der Waals surface area (Å²) in [5.41, 5.74) is 0. The highest BCUT2D eigenvalue weighted by Gasteiger charge is 2.07. The predicted octanol–water partition coefficient (Wildman–Crippen LogP) is 4.69. The van der Waals surface area contributed by atoms with Crippen molar-refractivity contribution in [3.05, 3.63) is 72.8 Å². The highest BCUT2D eigenvalue weighted by Crippen LogP contribution is 2.34. The van der Waals surface area contributed by atoms with Crippen molar-refractivity contribution < 1.29 is 13.6 Å². The number of para-hydroxylation sites is 1. The first kappa shape index (κ1) is 12.8. The highest BCUT2D eigenvalue weighted by atomic mass is 31.1. The second-order valence-electron chi connectivity index (χ2n) is 4.24. The van der Waals surface area contributed by atoms with Crippen LogP contribution in [0.4, 0.5) is 0 Å². The Kier molecular flexibility index (Phi) is 3.71. The standard InChI is InChI=1S/C16H13O3P/c17-20(18-14-9-2-1-3-10-14)19-16-12-6-8-13-7-4-5-11-15(13)16/h1-12,20H. The Bertz CT molecular complexity index is 736. The van der Waals surface area contributed by atoms with Crippen molar-refractivity contribution >= 4 is 19.0 Å². The van der Waals surface area contributed by atoms with Crippen molar-refractivity contribution in [1.82, 2.24) is 0 Å². The molecule has 1 atom stereocenters. The first-order valence-electron chi connectivity index (χ1n) is 6.25. The monoisotopic (exact) mass is 284 g/mol. The SMILES string of the molecule is O=[PH](Oc1ccccc1)Oc1cccc2ccccc12. The molecule has 0 heterocycles. The Hall–Kier alpha value is -2.25. The van der Waals surface area contributed by atoms with Crippen LogP contribution in [0.15, 0.2) is 72.8 Å². The van der Waals surface area contributed by atoms with Crippen LogP contribution in [0.2, 0.25) is 0 Å². The predicted molar refractivity (Wildman–Crippen MR) is 80.6 cm³/mol. The van der Waals surface area contributed by atoms with Gasteiger partial charge in [0.15, 0.2) is 0 Å². The normalized spacial score (nSPS) is 12.0. The van der Waals surface area contributed by atoms with Gasteiger partial charge in [-0.3, -0.25) is 0 Å². The van der Waals surface area contributed by atoms with Crippen molar-refractivity contribution in [1.29, 1.82) is 0 Å². The van der Waals surface area contributed by atoms with Gasteiger partial charge in [0.2, 0.25) is 0 Å². The van der Waals surface area contributed by atoms with Gasteiger partial charge in [-0.25, -0.2) is 4.57 Å². The molecule has 0 aliphatic carbocycles. The van der Waals surface area contributed by atoms with Crippen LogP contribution in [0.25, 0.3) is 10.8 Å². The van der Waals surface area contributed by atoms with Crippen LogP contribution in [0.1, 0.15) is 0 Å². The van der Waals surface area contributed by atoms with Gasteiger partial charge in [0.05, 0.1) is 0 Å². The van der Waals surface area contributed by atoms with Crippen molar-refractivity contribution in [2.24, 2.45) is 0 Å². The van der Waals surface area contributed by atoms with E-state index in [9.17, 15) is 4.57 Å². The molecule has 0 N–H and O–H groups in total.